The van der Waals surface area contributed by atoms with E-state index >= 15 is 0 Å². The van der Waals surface area contributed by atoms with E-state index in [1.807, 2.05) is 30.3 Å². The topological polar surface area (TPSA) is 92.4 Å². The molecule has 0 spiro atoms. The first-order valence-corrected chi connectivity index (χ1v) is 7.54. The number of carboxylic acids is 1. The number of halogens is 1. The highest BCUT2D eigenvalue weighted by Crippen LogP contribution is 2.22. The van der Waals surface area contributed by atoms with Crippen LogP contribution in [-0.2, 0) is 16.0 Å². The number of hydrogen-bond donors (Lipinski definition) is 3. The van der Waals surface area contributed by atoms with Crippen molar-refractivity contribution in [3.8, 4) is 11.1 Å². The summed E-state index contributed by atoms with van der Waals surface area (Å²) in [5.41, 5.74) is 7.19. The Hall–Kier alpha value is -2.73. The largest absolute Gasteiger partial charge is 0.481 e. The minimum Gasteiger partial charge on any atom is -0.481 e. The van der Waals surface area contributed by atoms with Gasteiger partial charge in [-0.1, -0.05) is 42.5 Å². The molecule has 126 valence electrons. The molecule has 1 amide bonds. The fraction of sp³-hybridized carbons (Fsp3) is 0.222. The third-order valence-electron chi connectivity index (χ3n) is 3.60. The SMILES string of the molecule is NCC(=O)NC(CC(=O)O)Cc1ccc(-c2ccccc2)cc1F. The number of hydrogen-bond acceptors (Lipinski definition) is 3. The van der Waals surface area contributed by atoms with E-state index in [1.54, 1.807) is 12.1 Å². The van der Waals surface area contributed by atoms with Crippen LogP contribution >= 0.6 is 0 Å². The first-order valence-electron chi connectivity index (χ1n) is 7.54. The average molecular weight is 330 g/mol. The van der Waals surface area contributed by atoms with Crippen molar-refractivity contribution in [1.82, 2.24) is 5.32 Å². The number of nitrogens with two attached hydrogens (primary N) is 1. The fourth-order valence-corrected chi connectivity index (χ4v) is 2.46. The minimum atomic E-state index is -1.07. The summed E-state index contributed by atoms with van der Waals surface area (Å²) in [6, 6.07) is 13.5. The second kappa shape index (κ2) is 8.21. The third kappa shape index (κ3) is 4.89. The summed E-state index contributed by atoms with van der Waals surface area (Å²) < 4.78 is 14.4. The molecule has 1 unspecified atom stereocenters. The van der Waals surface area contributed by atoms with E-state index in [2.05, 4.69) is 5.32 Å². The van der Waals surface area contributed by atoms with Gasteiger partial charge in [0.2, 0.25) is 5.91 Å². The molecule has 5 nitrogen and oxygen atoms in total. The summed E-state index contributed by atoms with van der Waals surface area (Å²) in [7, 11) is 0. The molecule has 6 heteroatoms. The summed E-state index contributed by atoms with van der Waals surface area (Å²) in [6.07, 6.45) is -0.218. The highest BCUT2D eigenvalue weighted by molar-refractivity contribution is 5.79. The van der Waals surface area contributed by atoms with E-state index in [9.17, 15) is 14.0 Å². The van der Waals surface area contributed by atoms with E-state index in [0.717, 1.165) is 11.1 Å². The normalized spacial score (nSPS) is 11.8. The Morgan fingerprint density at radius 1 is 1.12 bits per heavy atom. The van der Waals surface area contributed by atoms with Gasteiger partial charge in [0.15, 0.2) is 0 Å². The van der Waals surface area contributed by atoms with Crippen LogP contribution < -0.4 is 11.1 Å². The highest BCUT2D eigenvalue weighted by atomic mass is 19.1. The molecule has 4 N–H and O–H groups in total. The van der Waals surface area contributed by atoms with Crippen LogP contribution in [0.15, 0.2) is 48.5 Å². The molecule has 0 heterocycles. The third-order valence-corrected chi connectivity index (χ3v) is 3.60. The predicted molar refractivity (Wildman–Crippen MR) is 88.8 cm³/mol. The van der Waals surface area contributed by atoms with Gasteiger partial charge in [-0.05, 0) is 29.2 Å². The van der Waals surface area contributed by atoms with Gasteiger partial charge in [0.05, 0.1) is 13.0 Å². The van der Waals surface area contributed by atoms with Crippen molar-refractivity contribution in [2.24, 2.45) is 5.73 Å². The maximum absolute atomic E-state index is 14.4. The van der Waals surface area contributed by atoms with E-state index in [1.165, 1.54) is 6.07 Å². The summed E-state index contributed by atoms with van der Waals surface area (Å²) in [5, 5.41) is 11.4. The lowest BCUT2D eigenvalue weighted by atomic mass is 9.98. The van der Waals surface area contributed by atoms with Crippen LogP contribution in [0, 0.1) is 5.82 Å². The molecular weight excluding hydrogens is 311 g/mol. The van der Waals surface area contributed by atoms with Crippen LogP contribution in [0.5, 0.6) is 0 Å². The van der Waals surface area contributed by atoms with Crippen molar-refractivity contribution in [1.29, 1.82) is 0 Å². The highest BCUT2D eigenvalue weighted by Gasteiger charge is 2.18. The van der Waals surface area contributed by atoms with Crippen LogP contribution in [0.2, 0.25) is 0 Å². The summed E-state index contributed by atoms with van der Waals surface area (Å²) in [5.74, 6) is -1.98. The van der Waals surface area contributed by atoms with Crippen molar-refractivity contribution < 1.29 is 19.1 Å². The summed E-state index contributed by atoms with van der Waals surface area (Å²) >= 11 is 0. The number of benzene rings is 2. The van der Waals surface area contributed by atoms with E-state index in [0.29, 0.717) is 5.56 Å². The van der Waals surface area contributed by atoms with Crippen LogP contribution in [-0.4, -0.2) is 29.6 Å². The van der Waals surface area contributed by atoms with E-state index in [-0.39, 0.29) is 19.4 Å². The number of carbonyl (C=O) groups is 2. The smallest absolute Gasteiger partial charge is 0.305 e. The molecule has 0 radical (unpaired) electrons. The lowest BCUT2D eigenvalue weighted by molar-refractivity contribution is -0.137. The van der Waals surface area contributed by atoms with Crippen molar-refractivity contribution in [2.45, 2.75) is 18.9 Å². The second-order valence-electron chi connectivity index (χ2n) is 5.44. The Labute approximate surface area is 139 Å². The lowest BCUT2D eigenvalue weighted by Crippen LogP contribution is -2.41. The van der Waals surface area contributed by atoms with Gasteiger partial charge in [0.25, 0.3) is 0 Å². The Balaban J connectivity index is 2.18. The molecule has 0 aliphatic carbocycles. The number of rotatable bonds is 7. The van der Waals surface area contributed by atoms with Gasteiger partial charge >= 0.3 is 5.97 Å². The van der Waals surface area contributed by atoms with Crippen molar-refractivity contribution in [3.63, 3.8) is 0 Å². The molecule has 24 heavy (non-hydrogen) atoms. The zero-order chi connectivity index (χ0) is 17.5. The number of amides is 1. The van der Waals surface area contributed by atoms with Crippen LogP contribution in [0.4, 0.5) is 4.39 Å². The maximum Gasteiger partial charge on any atom is 0.305 e. The molecule has 0 saturated carbocycles. The van der Waals surface area contributed by atoms with Gasteiger partial charge in [-0.3, -0.25) is 9.59 Å². The van der Waals surface area contributed by atoms with Crippen LogP contribution in [0.25, 0.3) is 11.1 Å². The zero-order valence-corrected chi connectivity index (χ0v) is 13.0. The Bertz CT molecular complexity index is 719. The molecule has 0 bridgehead atoms. The lowest BCUT2D eigenvalue weighted by Gasteiger charge is -2.17. The number of carbonyl (C=O) groups excluding carboxylic acids is 1. The van der Waals surface area contributed by atoms with Gasteiger partial charge in [-0.15, -0.1) is 0 Å². The van der Waals surface area contributed by atoms with Gasteiger partial charge in [-0.2, -0.15) is 0 Å². The molecule has 1 atom stereocenters. The number of carboxylic acid groups (broad SMARTS) is 1. The minimum absolute atomic E-state index is 0.0823. The maximum atomic E-state index is 14.4. The number of aliphatic carboxylic acids is 1. The average Bonchev–Trinajstić information content (AvgIpc) is 2.56. The van der Waals surface area contributed by atoms with Crippen LogP contribution in [0.3, 0.4) is 0 Å². The molecule has 0 saturated heterocycles. The van der Waals surface area contributed by atoms with Crippen molar-refractivity contribution in [2.75, 3.05) is 6.54 Å². The van der Waals surface area contributed by atoms with E-state index in [4.69, 9.17) is 10.8 Å². The molecule has 0 fully saturated rings. The Morgan fingerprint density at radius 3 is 2.42 bits per heavy atom. The predicted octanol–water partition coefficient (Wildman–Crippen LogP) is 1.95. The van der Waals surface area contributed by atoms with Crippen molar-refractivity contribution in [3.05, 3.63) is 59.9 Å². The Kier molecular flexibility index (Phi) is 6.03. The van der Waals surface area contributed by atoms with Gasteiger partial charge in [0, 0.05) is 6.04 Å². The first kappa shape index (κ1) is 17.6. The quantitative estimate of drug-likeness (QED) is 0.723. The molecule has 0 aromatic heterocycles. The van der Waals surface area contributed by atoms with Crippen molar-refractivity contribution >= 4 is 11.9 Å². The van der Waals surface area contributed by atoms with Gasteiger partial charge in [-0.25, -0.2) is 4.39 Å². The first-order chi connectivity index (χ1) is 11.5. The molecule has 2 rings (SSSR count). The summed E-state index contributed by atoms with van der Waals surface area (Å²) in [6.45, 7) is -0.244. The molecular formula is C18H19FN2O3. The van der Waals surface area contributed by atoms with Gasteiger partial charge < -0.3 is 16.2 Å². The standard InChI is InChI=1S/C18H19FN2O3/c19-16-9-13(12-4-2-1-3-5-12)6-7-14(16)8-15(10-18(23)24)21-17(22)11-20/h1-7,9,15H,8,10-11,20H2,(H,21,22)(H,23,24). The molecule has 0 aliphatic heterocycles. The van der Waals surface area contributed by atoms with Gasteiger partial charge in [0.1, 0.15) is 5.82 Å². The monoisotopic (exact) mass is 330 g/mol. The second-order valence-corrected chi connectivity index (χ2v) is 5.44. The fourth-order valence-electron chi connectivity index (χ4n) is 2.46. The molecule has 2 aromatic rings. The summed E-state index contributed by atoms with van der Waals surface area (Å²) in [4.78, 5) is 22.3. The Morgan fingerprint density at radius 2 is 1.83 bits per heavy atom. The molecule has 0 aliphatic rings. The molecule has 2 aromatic carbocycles. The van der Waals surface area contributed by atoms with Crippen LogP contribution in [0.1, 0.15) is 12.0 Å². The van der Waals surface area contributed by atoms with E-state index < -0.39 is 23.7 Å². The zero-order valence-electron chi connectivity index (χ0n) is 13.0. The number of nitrogens with one attached hydrogen (secondary N) is 1.